The summed E-state index contributed by atoms with van der Waals surface area (Å²) >= 11 is 0. The second kappa shape index (κ2) is 9.87. The number of pyridine rings is 2. The molecular weight excluding hydrogens is 422 g/mol. The standard InChI is InChI=1S/C29H27N3O2/c1-34-27-14-6-5-12-25(27)23-17-24(19-30-18-23)29(33)26-13-7-15-28(31-26)32-16-8-11-22(20-32)21-9-3-2-4-10-21/h2-7,9-10,12-15,17-19,22H,8,11,16,20H2,1H3. The molecule has 4 aromatic rings. The van der Waals surface area contributed by atoms with E-state index in [2.05, 4.69) is 40.2 Å². The quantitative estimate of drug-likeness (QED) is 0.350. The molecule has 34 heavy (non-hydrogen) atoms. The van der Waals surface area contributed by atoms with Crippen LogP contribution in [0.3, 0.4) is 0 Å². The van der Waals surface area contributed by atoms with Crippen molar-refractivity contribution in [3.8, 4) is 16.9 Å². The number of piperidine rings is 1. The van der Waals surface area contributed by atoms with E-state index in [1.165, 1.54) is 12.0 Å². The minimum absolute atomic E-state index is 0.136. The molecule has 0 N–H and O–H groups in total. The third-order valence-corrected chi connectivity index (χ3v) is 6.40. The number of carbonyl (C=O) groups is 1. The number of hydrogen-bond donors (Lipinski definition) is 0. The van der Waals surface area contributed by atoms with E-state index < -0.39 is 0 Å². The number of para-hydroxylation sites is 1. The van der Waals surface area contributed by atoms with Crippen molar-refractivity contribution in [3.63, 3.8) is 0 Å². The van der Waals surface area contributed by atoms with E-state index in [4.69, 9.17) is 9.72 Å². The number of ketones is 1. The number of ether oxygens (including phenoxy) is 1. The molecule has 5 rings (SSSR count). The molecule has 0 saturated carbocycles. The zero-order valence-electron chi connectivity index (χ0n) is 19.2. The first kappa shape index (κ1) is 21.8. The van der Waals surface area contributed by atoms with Crippen molar-refractivity contribution in [3.05, 3.63) is 108 Å². The molecule has 0 aliphatic carbocycles. The van der Waals surface area contributed by atoms with E-state index >= 15 is 0 Å². The van der Waals surface area contributed by atoms with Crippen LogP contribution < -0.4 is 9.64 Å². The van der Waals surface area contributed by atoms with Crippen molar-refractivity contribution >= 4 is 11.6 Å². The SMILES string of the molecule is COc1ccccc1-c1cncc(C(=O)c2cccc(N3CCCC(c4ccccc4)C3)n2)c1. The van der Waals surface area contributed by atoms with Gasteiger partial charge in [0, 0.05) is 48.1 Å². The zero-order chi connectivity index (χ0) is 23.3. The Hall–Kier alpha value is -3.99. The minimum Gasteiger partial charge on any atom is -0.496 e. The maximum Gasteiger partial charge on any atom is 0.212 e. The lowest BCUT2D eigenvalue weighted by atomic mass is 9.90. The minimum atomic E-state index is -0.136. The summed E-state index contributed by atoms with van der Waals surface area (Å²) in [5, 5.41) is 0. The van der Waals surface area contributed by atoms with Gasteiger partial charge in [0.15, 0.2) is 0 Å². The lowest BCUT2D eigenvalue weighted by Crippen LogP contribution is -2.35. The van der Waals surface area contributed by atoms with Crippen LogP contribution in [0.1, 0.15) is 40.4 Å². The molecule has 5 heteroatoms. The second-order valence-electron chi connectivity index (χ2n) is 8.57. The maximum absolute atomic E-state index is 13.4. The summed E-state index contributed by atoms with van der Waals surface area (Å²) in [5.74, 6) is 1.92. The summed E-state index contributed by atoms with van der Waals surface area (Å²) in [5.41, 5.74) is 4.03. The van der Waals surface area contributed by atoms with Crippen LogP contribution in [-0.4, -0.2) is 36.0 Å². The molecule has 2 aromatic heterocycles. The fourth-order valence-electron chi connectivity index (χ4n) is 4.65. The summed E-state index contributed by atoms with van der Waals surface area (Å²) < 4.78 is 5.48. The van der Waals surface area contributed by atoms with E-state index in [1.54, 1.807) is 25.6 Å². The first-order chi connectivity index (χ1) is 16.7. The van der Waals surface area contributed by atoms with Crippen LogP contribution in [0.5, 0.6) is 5.75 Å². The van der Waals surface area contributed by atoms with Gasteiger partial charge >= 0.3 is 0 Å². The van der Waals surface area contributed by atoms with Gasteiger partial charge < -0.3 is 9.64 Å². The number of nitrogens with zero attached hydrogens (tertiary/aromatic N) is 3. The summed E-state index contributed by atoms with van der Waals surface area (Å²) in [6, 6.07) is 25.9. The zero-order valence-corrected chi connectivity index (χ0v) is 19.2. The van der Waals surface area contributed by atoms with Gasteiger partial charge in [0.2, 0.25) is 5.78 Å². The smallest absolute Gasteiger partial charge is 0.212 e. The van der Waals surface area contributed by atoms with Crippen LogP contribution in [0.2, 0.25) is 0 Å². The van der Waals surface area contributed by atoms with Gasteiger partial charge in [-0.1, -0.05) is 54.6 Å². The number of hydrogen-bond acceptors (Lipinski definition) is 5. The van der Waals surface area contributed by atoms with Crippen molar-refractivity contribution in [2.24, 2.45) is 0 Å². The molecule has 1 atom stereocenters. The number of rotatable bonds is 6. The molecule has 1 saturated heterocycles. The van der Waals surface area contributed by atoms with Gasteiger partial charge in [-0.2, -0.15) is 0 Å². The van der Waals surface area contributed by atoms with E-state index in [0.717, 1.165) is 42.2 Å². The fourth-order valence-corrected chi connectivity index (χ4v) is 4.65. The first-order valence-corrected chi connectivity index (χ1v) is 11.6. The highest BCUT2D eigenvalue weighted by Gasteiger charge is 2.23. The van der Waals surface area contributed by atoms with Gasteiger partial charge in [0.25, 0.3) is 0 Å². The number of benzene rings is 2. The van der Waals surface area contributed by atoms with Gasteiger partial charge in [0.05, 0.1) is 7.11 Å². The summed E-state index contributed by atoms with van der Waals surface area (Å²) in [6.45, 7) is 1.85. The Morgan fingerprint density at radius 2 is 1.79 bits per heavy atom. The Morgan fingerprint density at radius 1 is 0.971 bits per heavy atom. The fraction of sp³-hybridized carbons (Fsp3) is 0.207. The molecule has 0 bridgehead atoms. The van der Waals surface area contributed by atoms with Crippen molar-refractivity contribution in [1.82, 2.24) is 9.97 Å². The molecule has 0 amide bonds. The number of methoxy groups -OCH3 is 1. The van der Waals surface area contributed by atoms with E-state index in [9.17, 15) is 4.79 Å². The normalized spacial score (nSPS) is 15.7. The third kappa shape index (κ3) is 4.55. The lowest BCUT2D eigenvalue weighted by Gasteiger charge is -2.34. The van der Waals surface area contributed by atoms with Crippen LogP contribution in [0.25, 0.3) is 11.1 Å². The van der Waals surface area contributed by atoms with Gasteiger partial charge in [-0.3, -0.25) is 9.78 Å². The number of anilines is 1. The predicted octanol–water partition coefficient (Wildman–Crippen LogP) is 5.77. The Labute approximate surface area is 200 Å². The summed E-state index contributed by atoms with van der Waals surface area (Å²) in [4.78, 5) is 24.7. The number of carbonyl (C=O) groups excluding carboxylic acids is 1. The molecule has 1 fully saturated rings. The van der Waals surface area contributed by atoms with Crippen molar-refractivity contribution < 1.29 is 9.53 Å². The molecule has 1 aliphatic rings. The average molecular weight is 450 g/mol. The molecule has 5 nitrogen and oxygen atoms in total. The van der Waals surface area contributed by atoms with E-state index in [-0.39, 0.29) is 5.78 Å². The summed E-state index contributed by atoms with van der Waals surface area (Å²) in [6.07, 6.45) is 5.61. The Balaban J connectivity index is 1.39. The Morgan fingerprint density at radius 3 is 2.65 bits per heavy atom. The molecule has 3 heterocycles. The van der Waals surface area contributed by atoms with Crippen molar-refractivity contribution in [2.45, 2.75) is 18.8 Å². The van der Waals surface area contributed by atoms with Crippen LogP contribution in [0.4, 0.5) is 5.82 Å². The van der Waals surface area contributed by atoms with Gasteiger partial charge in [-0.15, -0.1) is 0 Å². The Bertz CT molecular complexity index is 1290. The lowest BCUT2D eigenvalue weighted by molar-refractivity contribution is 0.103. The van der Waals surface area contributed by atoms with Crippen molar-refractivity contribution in [1.29, 1.82) is 0 Å². The topological polar surface area (TPSA) is 55.3 Å². The predicted molar refractivity (Wildman–Crippen MR) is 135 cm³/mol. The van der Waals surface area contributed by atoms with Crippen LogP contribution in [0, 0.1) is 0 Å². The molecule has 1 aliphatic heterocycles. The highest BCUT2D eigenvalue weighted by molar-refractivity contribution is 6.08. The largest absolute Gasteiger partial charge is 0.496 e. The highest BCUT2D eigenvalue weighted by Crippen LogP contribution is 2.31. The second-order valence-corrected chi connectivity index (χ2v) is 8.57. The van der Waals surface area contributed by atoms with E-state index in [0.29, 0.717) is 17.2 Å². The first-order valence-electron chi connectivity index (χ1n) is 11.6. The van der Waals surface area contributed by atoms with Crippen LogP contribution >= 0.6 is 0 Å². The van der Waals surface area contributed by atoms with Gasteiger partial charge in [0.1, 0.15) is 17.3 Å². The summed E-state index contributed by atoms with van der Waals surface area (Å²) in [7, 11) is 1.64. The van der Waals surface area contributed by atoms with E-state index in [1.807, 2.05) is 42.5 Å². The monoisotopic (exact) mass is 449 g/mol. The third-order valence-electron chi connectivity index (χ3n) is 6.40. The molecule has 0 spiro atoms. The number of aromatic nitrogens is 2. The average Bonchev–Trinajstić information content (AvgIpc) is 2.93. The molecule has 170 valence electrons. The molecule has 2 aromatic carbocycles. The van der Waals surface area contributed by atoms with Crippen LogP contribution in [0.15, 0.2) is 91.3 Å². The van der Waals surface area contributed by atoms with Gasteiger partial charge in [-0.25, -0.2) is 4.98 Å². The Kier molecular flexibility index (Phi) is 6.34. The van der Waals surface area contributed by atoms with Gasteiger partial charge in [-0.05, 0) is 42.7 Å². The maximum atomic E-state index is 13.4. The van der Waals surface area contributed by atoms with Crippen molar-refractivity contribution in [2.75, 3.05) is 25.1 Å². The molecule has 1 unspecified atom stereocenters. The molecule has 0 radical (unpaired) electrons. The highest BCUT2D eigenvalue weighted by atomic mass is 16.5. The molecular formula is C29H27N3O2. The van der Waals surface area contributed by atoms with Crippen LogP contribution in [-0.2, 0) is 0 Å².